The van der Waals surface area contributed by atoms with Crippen LogP contribution >= 0.6 is 0 Å². The van der Waals surface area contributed by atoms with Crippen molar-refractivity contribution >= 4 is 11.7 Å². The zero-order valence-electron chi connectivity index (χ0n) is 19.0. The number of ketones is 1. The van der Waals surface area contributed by atoms with Gasteiger partial charge < -0.3 is 24.1 Å². The van der Waals surface area contributed by atoms with Crippen LogP contribution in [0.4, 0.5) is 0 Å². The first-order valence-electron chi connectivity index (χ1n) is 11.3. The topological polar surface area (TPSA) is 83.2 Å². The first kappa shape index (κ1) is 23.6. The molecule has 1 unspecified atom stereocenters. The first-order valence-corrected chi connectivity index (χ1v) is 11.3. The fraction of sp³-hybridized carbons (Fsp3) is 0.440. The lowest BCUT2D eigenvalue weighted by atomic mass is 9.95. The molecule has 0 radical (unpaired) electrons. The standard InChI is InChI=1S/C25H32N2O5/c1-4-15-31-19-11-7-10-18(17-19)22-21(23(28)20-12-8-16-32-20)24(29)25(30)27(22)14-9-13-26(5-2)6-3/h7-8,10-12,16-17,22,29H,4-6,9,13-15H2,1-3H3. The van der Waals surface area contributed by atoms with Gasteiger partial charge in [0.2, 0.25) is 5.78 Å². The van der Waals surface area contributed by atoms with Crippen LogP contribution in [0.5, 0.6) is 5.75 Å². The maximum absolute atomic E-state index is 13.2. The van der Waals surface area contributed by atoms with E-state index in [0.29, 0.717) is 24.5 Å². The van der Waals surface area contributed by atoms with E-state index in [1.165, 1.54) is 12.3 Å². The predicted octanol–water partition coefficient (Wildman–Crippen LogP) is 4.38. The van der Waals surface area contributed by atoms with Crippen molar-refractivity contribution in [2.75, 3.05) is 32.8 Å². The van der Waals surface area contributed by atoms with Crippen molar-refractivity contribution in [1.29, 1.82) is 0 Å². The summed E-state index contributed by atoms with van der Waals surface area (Å²) in [6.07, 6.45) is 3.00. The Labute approximate surface area is 189 Å². The highest BCUT2D eigenvalue weighted by atomic mass is 16.5. The highest BCUT2D eigenvalue weighted by Gasteiger charge is 2.44. The maximum Gasteiger partial charge on any atom is 0.290 e. The fourth-order valence-electron chi connectivity index (χ4n) is 4.00. The SMILES string of the molecule is CCCOc1cccc(C2C(C(=O)c3ccco3)=C(O)C(=O)N2CCCN(CC)CC)c1. The van der Waals surface area contributed by atoms with Crippen LogP contribution in [0.3, 0.4) is 0 Å². The molecule has 1 aromatic heterocycles. The summed E-state index contributed by atoms with van der Waals surface area (Å²) < 4.78 is 11.0. The number of benzene rings is 1. The number of carbonyl (C=O) groups excluding carboxylic acids is 2. The third kappa shape index (κ3) is 5.05. The molecular weight excluding hydrogens is 408 g/mol. The van der Waals surface area contributed by atoms with Crippen molar-refractivity contribution in [3.05, 3.63) is 65.3 Å². The lowest BCUT2D eigenvalue weighted by Gasteiger charge is -2.28. The van der Waals surface area contributed by atoms with Gasteiger partial charge in [0, 0.05) is 6.54 Å². The number of carbonyl (C=O) groups is 2. The molecule has 1 atom stereocenters. The number of furan rings is 1. The zero-order valence-corrected chi connectivity index (χ0v) is 19.0. The highest BCUT2D eigenvalue weighted by molar-refractivity contribution is 6.15. The summed E-state index contributed by atoms with van der Waals surface area (Å²) in [5.41, 5.74) is 0.758. The van der Waals surface area contributed by atoms with Gasteiger partial charge in [-0.3, -0.25) is 9.59 Å². The average molecular weight is 441 g/mol. The number of rotatable bonds is 12. The number of aliphatic hydroxyl groups excluding tert-OH is 1. The second-order valence-corrected chi connectivity index (χ2v) is 7.77. The summed E-state index contributed by atoms with van der Waals surface area (Å²) in [5.74, 6) is -0.788. The van der Waals surface area contributed by atoms with E-state index in [-0.39, 0.29) is 11.3 Å². The third-order valence-electron chi connectivity index (χ3n) is 5.71. The minimum atomic E-state index is -0.707. The van der Waals surface area contributed by atoms with Crippen molar-refractivity contribution in [3.8, 4) is 5.75 Å². The average Bonchev–Trinajstić information content (AvgIpc) is 3.43. The second kappa shape index (κ2) is 11.0. The van der Waals surface area contributed by atoms with Crippen LogP contribution in [0.15, 0.2) is 58.4 Å². The van der Waals surface area contributed by atoms with E-state index in [9.17, 15) is 14.7 Å². The Bertz CT molecular complexity index is 947. The van der Waals surface area contributed by atoms with Crippen LogP contribution in [0, 0.1) is 0 Å². The van der Waals surface area contributed by atoms with Gasteiger partial charge in [0.05, 0.1) is 24.5 Å². The van der Waals surface area contributed by atoms with Crippen LogP contribution in [0.2, 0.25) is 0 Å². The molecule has 3 rings (SSSR count). The lowest BCUT2D eigenvalue weighted by molar-refractivity contribution is -0.129. The minimum Gasteiger partial charge on any atom is -0.503 e. The summed E-state index contributed by atoms with van der Waals surface area (Å²) in [4.78, 5) is 30.1. The van der Waals surface area contributed by atoms with Gasteiger partial charge in [-0.15, -0.1) is 0 Å². The van der Waals surface area contributed by atoms with E-state index in [1.54, 1.807) is 11.0 Å². The van der Waals surface area contributed by atoms with Crippen molar-refractivity contribution in [2.24, 2.45) is 0 Å². The van der Waals surface area contributed by atoms with Crippen LogP contribution in [-0.2, 0) is 4.79 Å². The van der Waals surface area contributed by atoms with Crippen LogP contribution in [0.1, 0.15) is 55.8 Å². The number of nitrogens with zero attached hydrogens (tertiary/aromatic N) is 2. The van der Waals surface area contributed by atoms with Crippen molar-refractivity contribution in [3.63, 3.8) is 0 Å². The third-order valence-corrected chi connectivity index (χ3v) is 5.71. The zero-order chi connectivity index (χ0) is 23.1. The molecular formula is C25H32N2O5. The number of Topliss-reactive ketones (excluding diaryl/α,β-unsaturated/α-hetero) is 1. The molecule has 2 aromatic rings. The lowest BCUT2D eigenvalue weighted by Crippen LogP contribution is -2.34. The summed E-state index contributed by atoms with van der Waals surface area (Å²) in [6.45, 7) is 9.89. The van der Waals surface area contributed by atoms with E-state index in [0.717, 1.165) is 32.5 Å². The molecule has 0 spiro atoms. The van der Waals surface area contributed by atoms with E-state index in [1.807, 2.05) is 31.2 Å². The van der Waals surface area contributed by atoms with Gasteiger partial charge in [0.1, 0.15) is 5.75 Å². The van der Waals surface area contributed by atoms with Gasteiger partial charge in [-0.2, -0.15) is 0 Å². The van der Waals surface area contributed by atoms with Crippen molar-refractivity contribution in [2.45, 2.75) is 39.7 Å². The van der Waals surface area contributed by atoms with E-state index in [4.69, 9.17) is 9.15 Å². The van der Waals surface area contributed by atoms with E-state index < -0.39 is 23.5 Å². The summed E-state index contributed by atoms with van der Waals surface area (Å²) in [5, 5.41) is 10.7. The molecule has 0 saturated heterocycles. The molecule has 0 saturated carbocycles. The van der Waals surface area contributed by atoms with E-state index in [2.05, 4.69) is 18.7 Å². The Morgan fingerprint density at radius 2 is 1.97 bits per heavy atom. The van der Waals surface area contributed by atoms with E-state index >= 15 is 0 Å². The molecule has 2 heterocycles. The number of aliphatic hydroxyl groups is 1. The smallest absolute Gasteiger partial charge is 0.290 e. The number of hydrogen-bond acceptors (Lipinski definition) is 6. The van der Waals surface area contributed by atoms with Gasteiger partial charge in [0.15, 0.2) is 11.5 Å². The molecule has 0 fully saturated rings. The molecule has 1 aliphatic rings. The second-order valence-electron chi connectivity index (χ2n) is 7.77. The van der Waals surface area contributed by atoms with Gasteiger partial charge in [-0.25, -0.2) is 0 Å². The summed E-state index contributed by atoms with van der Waals surface area (Å²) >= 11 is 0. The first-order chi connectivity index (χ1) is 15.5. The molecule has 32 heavy (non-hydrogen) atoms. The molecule has 172 valence electrons. The summed E-state index contributed by atoms with van der Waals surface area (Å²) in [6, 6.07) is 9.80. The fourth-order valence-corrected chi connectivity index (χ4v) is 4.00. The maximum atomic E-state index is 13.2. The molecule has 0 bridgehead atoms. The Hall–Kier alpha value is -3.06. The van der Waals surface area contributed by atoms with Gasteiger partial charge >= 0.3 is 0 Å². The quantitative estimate of drug-likeness (QED) is 0.493. The number of ether oxygens (including phenoxy) is 1. The normalized spacial score (nSPS) is 16.3. The number of hydrogen-bond donors (Lipinski definition) is 1. The van der Waals surface area contributed by atoms with Gasteiger partial charge in [0.25, 0.3) is 5.91 Å². The number of amides is 1. The Morgan fingerprint density at radius 3 is 2.62 bits per heavy atom. The molecule has 7 heteroatoms. The van der Waals surface area contributed by atoms with Gasteiger partial charge in [-0.05, 0) is 62.3 Å². The minimum absolute atomic E-state index is 0.0421. The Balaban J connectivity index is 1.94. The van der Waals surface area contributed by atoms with Crippen molar-refractivity contribution < 1.29 is 23.8 Å². The molecule has 1 N–H and O–H groups in total. The predicted molar refractivity (Wildman–Crippen MR) is 122 cm³/mol. The monoisotopic (exact) mass is 440 g/mol. The largest absolute Gasteiger partial charge is 0.503 e. The van der Waals surface area contributed by atoms with Crippen molar-refractivity contribution in [1.82, 2.24) is 9.80 Å². The Kier molecular flexibility index (Phi) is 8.11. The summed E-state index contributed by atoms with van der Waals surface area (Å²) in [7, 11) is 0. The highest BCUT2D eigenvalue weighted by Crippen LogP contribution is 2.40. The van der Waals surface area contributed by atoms with Gasteiger partial charge in [-0.1, -0.05) is 32.9 Å². The van der Waals surface area contributed by atoms with Crippen LogP contribution in [-0.4, -0.2) is 59.4 Å². The molecule has 7 nitrogen and oxygen atoms in total. The Morgan fingerprint density at radius 1 is 1.19 bits per heavy atom. The molecule has 1 aliphatic heterocycles. The van der Waals surface area contributed by atoms with Crippen LogP contribution in [0.25, 0.3) is 0 Å². The van der Waals surface area contributed by atoms with Crippen LogP contribution < -0.4 is 4.74 Å². The molecule has 1 aromatic carbocycles. The molecule has 1 amide bonds. The molecule has 0 aliphatic carbocycles.